The minimum Gasteiger partial charge on any atom is -0.444 e. The number of alkyl carbamates (subject to hydrolysis) is 1. The van der Waals surface area contributed by atoms with Crippen molar-refractivity contribution in [1.82, 2.24) is 16.0 Å². The quantitative estimate of drug-likeness (QED) is 0.327. The van der Waals surface area contributed by atoms with E-state index >= 15 is 0 Å². The summed E-state index contributed by atoms with van der Waals surface area (Å²) in [7, 11) is 1.76. The molecule has 1 saturated carbocycles. The van der Waals surface area contributed by atoms with Crippen LogP contribution in [-0.4, -0.2) is 42.8 Å². The summed E-state index contributed by atoms with van der Waals surface area (Å²) in [5.41, 5.74) is -0.933. The lowest BCUT2D eigenvalue weighted by atomic mass is 10.1. The van der Waals surface area contributed by atoms with Crippen LogP contribution in [0.15, 0.2) is 4.99 Å². The Labute approximate surface area is 164 Å². The lowest BCUT2D eigenvalue weighted by molar-refractivity contribution is 0.0474. The summed E-state index contributed by atoms with van der Waals surface area (Å²) in [6.07, 6.45) is 3.30. The number of ether oxygens (including phenoxy) is 1. The Balaban J connectivity index is 0.00000529. The molecule has 0 aromatic heterocycles. The van der Waals surface area contributed by atoms with Crippen LogP contribution in [0.2, 0.25) is 0 Å². The number of rotatable bonds is 6. The maximum Gasteiger partial charge on any atom is 0.408 e. The summed E-state index contributed by atoms with van der Waals surface area (Å²) < 4.78 is 5.30. The van der Waals surface area contributed by atoms with Gasteiger partial charge in [-0.3, -0.25) is 4.99 Å². The first-order chi connectivity index (χ1) is 10.6. The maximum absolute atomic E-state index is 11.9. The molecule has 142 valence electrons. The van der Waals surface area contributed by atoms with Gasteiger partial charge < -0.3 is 20.7 Å². The number of guanidine groups is 1. The van der Waals surface area contributed by atoms with Gasteiger partial charge in [0, 0.05) is 19.6 Å². The van der Waals surface area contributed by atoms with E-state index in [0.717, 1.165) is 11.9 Å². The first-order valence-corrected chi connectivity index (χ1v) is 8.54. The molecule has 0 heterocycles. The zero-order valence-electron chi connectivity index (χ0n) is 16.2. The number of hydrogen-bond acceptors (Lipinski definition) is 3. The Hall–Kier alpha value is -0.730. The highest BCUT2D eigenvalue weighted by atomic mass is 127. The van der Waals surface area contributed by atoms with E-state index in [1.54, 1.807) is 7.05 Å². The van der Waals surface area contributed by atoms with E-state index < -0.39 is 17.2 Å². The number of nitrogens with zero attached hydrogens (tertiary/aromatic N) is 1. The summed E-state index contributed by atoms with van der Waals surface area (Å²) in [5, 5.41) is 9.60. The first-order valence-electron chi connectivity index (χ1n) is 8.54. The largest absolute Gasteiger partial charge is 0.444 e. The molecule has 0 aromatic rings. The zero-order chi connectivity index (χ0) is 17.7. The van der Waals surface area contributed by atoms with Crippen molar-refractivity contribution in [3.05, 3.63) is 0 Å². The second kappa shape index (κ2) is 9.68. The summed E-state index contributed by atoms with van der Waals surface area (Å²) in [6.45, 7) is 12.2. The maximum atomic E-state index is 11.9. The predicted octanol–water partition coefficient (Wildman–Crippen LogP) is 3.26. The predicted molar refractivity (Wildman–Crippen MR) is 110 cm³/mol. The summed E-state index contributed by atoms with van der Waals surface area (Å²) >= 11 is 0. The topological polar surface area (TPSA) is 74.8 Å². The van der Waals surface area contributed by atoms with E-state index in [1.165, 1.54) is 19.3 Å². The van der Waals surface area contributed by atoms with Gasteiger partial charge in [-0.15, -0.1) is 24.0 Å². The molecule has 1 fully saturated rings. The highest BCUT2D eigenvalue weighted by molar-refractivity contribution is 14.0. The van der Waals surface area contributed by atoms with E-state index in [2.05, 4.69) is 27.9 Å². The molecule has 0 bridgehead atoms. The molecule has 0 radical (unpaired) electrons. The molecule has 0 aromatic carbocycles. The van der Waals surface area contributed by atoms with Crippen LogP contribution in [0.25, 0.3) is 0 Å². The van der Waals surface area contributed by atoms with Crippen LogP contribution in [-0.2, 0) is 4.74 Å². The van der Waals surface area contributed by atoms with E-state index in [1.807, 2.05) is 34.6 Å². The van der Waals surface area contributed by atoms with Crippen LogP contribution in [0.3, 0.4) is 0 Å². The smallest absolute Gasteiger partial charge is 0.408 e. The van der Waals surface area contributed by atoms with Gasteiger partial charge in [0.2, 0.25) is 0 Å². The van der Waals surface area contributed by atoms with Crippen molar-refractivity contribution in [3.8, 4) is 0 Å². The molecule has 0 spiro atoms. The Morgan fingerprint density at radius 3 is 2.38 bits per heavy atom. The normalized spacial score (nSPS) is 20.7. The molecule has 2 atom stereocenters. The van der Waals surface area contributed by atoms with Gasteiger partial charge in [0.1, 0.15) is 5.60 Å². The number of amides is 1. The van der Waals surface area contributed by atoms with Crippen LogP contribution >= 0.6 is 24.0 Å². The van der Waals surface area contributed by atoms with Gasteiger partial charge in [-0.1, -0.05) is 13.3 Å². The van der Waals surface area contributed by atoms with Gasteiger partial charge in [0.25, 0.3) is 0 Å². The van der Waals surface area contributed by atoms with E-state index in [-0.39, 0.29) is 24.0 Å². The average Bonchev–Trinajstić information content (AvgIpc) is 3.09. The number of halogens is 1. The summed E-state index contributed by atoms with van der Waals surface area (Å²) in [6, 6.07) is 0.531. The van der Waals surface area contributed by atoms with E-state index in [4.69, 9.17) is 4.74 Å². The third-order valence-electron chi connectivity index (χ3n) is 3.66. The van der Waals surface area contributed by atoms with Crippen LogP contribution in [0.5, 0.6) is 0 Å². The standard InChI is InChI=1S/C17H34N4O2.HI/c1-8-9-12-10-13(12)20-14(18-7)19-11-17(5,6)21-15(22)23-16(2,3)4;/h12-13H,8-11H2,1-7H3,(H,21,22)(H2,18,19,20);1H. The number of nitrogens with one attached hydrogen (secondary N) is 3. The van der Waals surface area contributed by atoms with Gasteiger partial charge in [-0.2, -0.15) is 0 Å². The number of carbonyl (C=O) groups excluding carboxylic acids is 1. The molecule has 1 amide bonds. The molecule has 24 heavy (non-hydrogen) atoms. The van der Waals surface area contributed by atoms with Gasteiger partial charge in [0.05, 0.1) is 5.54 Å². The average molecular weight is 454 g/mol. The van der Waals surface area contributed by atoms with Crippen LogP contribution in [0.4, 0.5) is 4.79 Å². The molecule has 6 nitrogen and oxygen atoms in total. The molecule has 0 aliphatic heterocycles. The Morgan fingerprint density at radius 1 is 1.25 bits per heavy atom. The molecule has 0 saturated heterocycles. The molecule has 2 unspecified atom stereocenters. The van der Waals surface area contributed by atoms with Crippen molar-refractivity contribution < 1.29 is 9.53 Å². The highest BCUT2D eigenvalue weighted by Gasteiger charge is 2.36. The Morgan fingerprint density at radius 2 is 1.88 bits per heavy atom. The number of carbonyl (C=O) groups is 1. The second-order valence-electron chi connectivity index (χ2n) is 7.97. The number of hydrogen-bond donors (Lipinski definition) is 3. The van der Waals surface area contributed by atoms with Gasteiger partial charge in [-0.05, 0) is 53.4 Å². The Bertz CT molecular complexity index is 433. The van der Waals surface area contributed by atoms with E-state index in [0.29, 0.717) is 12.6 Å². The lowest BCUT2D eigenvalue weighted by Crippen LogP contribution is -2.54. The molecule has 1 aliphatic carbocycles. The monoisotopic (exact) mass is 454 g/mol. The van der Waals surface area contributed by atoms with Crippen molar-refractivity contribution in [2.45, 2.75) is 78.0 Å². The second-order valence-corrected chi connectivity index (χ2v) is 7.97. The lowest BCUT2D eigenvalue weighted by Gasteiger charge is -2.29. The van der Waals surface area contributed by atoms with Crippen molar-refractivity contribution >= 4 is 36.0 Å². The summed E-state index contributed by atoms with van der Waals surface area (Å²) in [4.78, 5) is 16.1. The van der Waals surface area contributed by atoms with Gasteiger partial charge in [0.15, 0.2) is 5.96 Å². The van der Waals surface area contributed by atoms with Gasteiger partial charge in [-0.25, -0.2) is 4.79 Å². The fourth-order valence-corrected chi connectivity index (χ4v) is 2.41. The molecular formula is C17H35IN4O2. The van der Waals surface area contributed by atoms with E-state index in [9.17, 15) is 4.79 Å². The van der Waals surface area contributed by atoms with Gasteiger partial charge >= 0.3 is 6.09 Å². The van der Waals surface area contributed by atoms with Crippen molar-refractivity contribution in [3.63, 3.8) is 0 Å². The van der Waals surface area contributed by atoms with Crippen molar-refractivity contribution in [2.75, 3.05) is 13.6 Å². The third kappa shape index (κ3) is 9.54. The minimum absolute atomic E-state index is 0. The van der Waals surface area contributed by atoms with Crippen LogP contribution in [0, 0.1) is 5.92 Å². The van der Waals surface area contributed by atoms with Crippen molar-refractivity contribution in [2.24, 2.45) is 10.9 Å². The van der Waals surface area contributed by atoms with Crippen LogP contribution in [0.1, 0.15) is 60.8 Å². The SMILES string of the molecule is CCCC1CC1NC(=NC)NCC(C)(C)NC(=O)OC(C)(C)C.I. The third-order valence-corrected chi connectivity index (χ3v) is 3.66. The minimum atomic E-state index is -0.495. The highest BCUT2D eigenvalue weighted by Crippen LogP contribution is 2.34. The fraction of sp³-hybridized carbons (Fsp3) is 0.882. The van der Waals surface area contributed by atoms with Crippen LogP contribution < -0.4 is 16.0 Å². The number of aliphatic imine (C=N–C) groups is 1. The zero-order valence-corrected chi connectivity index (χ0v) is 18.5. The fourth-order valence-electron chi connectivity index (χ4n) is 2.41. The van der Waals surface area contributed by atoms with Crippen molar-refractivity contribution in [1.29, 1.82) is 0 Å². The summed E-state index contributed by atoms with van der Waals surface area (Å²) in [5.74, 6) is 1.55. The first kappa shape index (κ1) is 23.3. The Kier molecular flexibility index (Phi) is 9.38. The molecule has 1 rings (SSSR count). The molecular weight excluding hydrogens is 419 g/mol. The molecule has 1 aliphatic rings. The molecule has 3 N–H and O–H groups in total. The molecule has 7 heteroatoms.